The monoisotopic (exact) mass is 335 g/mol. The second kappa shape index (κ2) is 5.92. The molecule has 3 nitrogen and oxygen atoms in total. The molecular weight excluding hydrogens is 325 g/mol. The van der Waals surface area contributed by atoms with E-state index in [9.17, 15) is 0 Å². The molecule has 0 unspecified atom stereocenters. The fourth-order valence-corrected chi connectivity index (χ4v) is 2.23. The van der Waals surface area contributed by atoms with Gasteiger partial charge in [0.1, 0.15) is 5.84 Å². The lowest BCUT2D eigenvalue weighted by Gasteiger charge is -2.24. The van der Waals surface area contributed by atoms with Gasteiger partial charge in [-0.2, -0.15) is 0 Å². The summed E-state index contributed by atoms with van der Waals surface area (Å²) >= 11 is 19.1. The Labute approximate surface area is 131 Å². The van der Waals surface area contributed by atoms with E-state index in [-0.39, 0.29) is 0 Å². The van der Waals surface area contributed by atoms with Crippen LogP contribution in [0, 0.1) is 6.92 Å². The molecule has 7 heteroatoms. The molecule has 1 aliphatic rings. The molecule has 0 saturated heterocycles. The van der Waals surface area contributed by atoms with E-state index < -0.39 is 9.96 Å². The van der Waals surface area contributed by atoms with Crippen molar-refractivity contribution in [3.05, 3.63) is 35.4 Å². The van der Waals surface area contributed by atoms with Crippen LogP contribution in [0.4, 0.5) is 0 Å². The van der Waals surface area contributed by atoms with Crippen molar-refractivity contribution >= 4 is 57.6 Å². The highest BCUT2D eigenvalue weighted by Gasteiger charge is 2.35. The first-order valence-electron chi connectivity index (χ1n) is 5.50. The first-order chi connectivity index (χ1) is 8.90. The molecule has 0 spiro atoms. The van der Waals surface area contributed by atoms with Gasteiger partial charge in [-0.1, -0.05) is 76.4 Å². The molecule has 102 valence electrons. The van der Waals surface area contributed by atoms with Gasteiger partial charge >= 0.3 is 0 Å². The van der Waals surface area contributed by atoms with Gasteiger partial charge in [-0.15, -0.1) is 0 Å². The predicted octanol–water partition coefficient (Wildman–Crippen LogP) is 3.76. The second-order valence-corrected chi connectivity index (χ2v) is 7.19. The number of aryl methyl sites for hydroxylation is 1. The number of nitrogens with one attached hydrogen (secondary N) is 1. The number of nitrogens with zero attached hydrogens (tertiary/aromatic N) is 2. The second-order valence-electron chi connectivity index (χ2n) is 4.02. The molecular formula is C12H12Cl3N3S. The minimum atomic E-state index is -1.56. The quantitative estimate of drug-likeness (QED) is 0.793. The average Bonchev–Trinajstić information content (AvgIpc) is 2.38. The van der Waals surface area contributed by atoms with Crippen LogP contribution in [-0.2, 0) is 0 Å². The van der Waals surface area contributed by atoms with Gasteiger partial charge in [-0.3, -0.25) is 0 Å². The van der Waals surface area contributed by atoms with Crippen molar-refractivity contribution in [1.29, 1.82) is 0 Å². The van der Waals surface area contributed by atoms with Crippen molar-refractivity contribution in [3.63, 3.8) is 0 Å². The van der Waals surface area contributed by atoms with Gasteiger partial charge < -0.3 is 5.32 Å². The Morgan fingerprint density at radius 3 is 2.32 bits per heavy atom. The SMILES string of the molecule is CSC1=N[C@@H](C(Cl)(Cl)Cl)N=C(c2ccc(C)cc2)N1. The third kappa shape index (κ3) is 3.78. The van der Waals surface area contributed by atoms with Crippen LogP contribution in [0.1, 0.15) is 11.1 Å². The molecule has 0 fully saturated rings. The van der Waals surface area contributed by atoms with Crippen molar-refractivity contribution in [2.24, 2.45) is 9.98 Å². The fraction of sp³-hybridized carbons (Fsp3) is 0.333. The molecule has 0 aliphatic carbocycles. The largest absolute Gasteiger partial charge is 0.319 e. The Hall–Kier alpha value is -0.420. The molecule has 0 bridgehead atoms. The van der Waals surface area contributed by atoms with E-state index in [1.165, 1.54) is 17.3 Å². The summed E-state index contributed by atoms with van der Waals surface area (Å²) in [6, 6.07) is 7.96. The number of benzene rings is 1. The Morgan fingerprint density at radius 2 is 1.79 bits per heavy atom. The van der Waals surface area contributed by atoms with E-state index >= 15 is 0 Å². The minimum absolute atomic E-state index is 0.663. The van der Waals surface area contributed by atoms with Crippen molar-refractivity contribution in [1.82, 2.24) is 5.32 Å². The number of halogens is 3. The number of hydrogen-bond acceptors (Lipinski definition) is 4. The normalized spacial score (nSPS) is 19.5. The van der Waals surface area contributed by atoms with Gasteiger partial charge in [0, 0.05) is 5.56 Å². The molecule has 0 aromatic heterocycles. The Kier molecular flexibility index (Phi) is 4.66. The fourth-order valence-electron chi connectivity index (χ4n) is 1.54. The van der Waals surface area contributed by atoms with Crippen LogP contribution in [0.2, 0.25) is 0 Å². The highest BCUT2D eigenvalue weighted by Crippen LogP contribution is 2.34. The summed E-state index contributed by atoms with van der Waals surface area (Å²) < 4.78 is -1.56. The molecule has 0 amide bonds. The number of thioether (sulfide) groups is 1. The van der Waals surface area contributed by atoms with Crippen LogP contribution in [0.3, 0.4) is 0 Å². The van der Waals surface area contributed by atoms with E-state index in [1.54, 1.807) is 0 Å². The molecule has 1 N–H and O–H groups in total. The summed E-state index contributed by atoms with van der Waals surface area (Å²) in [6.45, 7) is 2.03. The zero-order valence-corrected chi connectivity index (χ0v) is 13.4. The summed E-state index contributed by atoms with van der Waals surface area (Å²) in [7, 11) is 0. The zero-order chi connectivity index (χ0) is 14.0. The Morgan fingerprint density at radius 1 is 1.16 bits per heavy atom. The third-order valence-corrected chi connectivity index (χ3v) is 3.71. The van der Waals surface area contributed by atoms with Gasteiger partial charge in [0.15, 0.2) is 11.3 Å². The van der Waals surface area contributed by atoms with E-state index in [0.717, 1.165) is 5.56 Å². The lowest BCUT2D eigenvalue weighted by Crippen LogP contribution is -2.39. The maximum Gasteiger partial charge on any atom is 0.232 e. The number of hydrogen-bond donors (Lipinski definition) is 1. The van der Waals surface area contributed by atoms with Crippen molar-refractivity contribution < 1.29 is 0 Å². The Bertz CT molecular complexity index is 520. The topological polar surface area (TPSA) is 36.8 Å². The lowest BCUT2D eigenvalue weighted by molar-refractivity contribution is 0.717. The standard InChI is InChI=1S/C12H12Cl3N3S/c1-7-3-5-8(6-4-7)9-16-10(12(13,14)15)18-11(17-9)19-2/h3-6,10H,1-2H3,(H,16,17,18)/t10-/m0/s1. The molecule has 1 aromatic rings. The van der Waals surface area contributed by atoms with E-state index in [1.807, 2.05) is 37.4 Å². The molecule has 0 radical (unpaired) electrons. The summed E-state index contributed by atoms with van der Waals surface area (Å²) in [6.07, 6.45) is 1.16. The van der Waals surface area contributed by atoms with Gasteiger partial charge in [-0.05, 0) is 13.2 Å². The van der Waals surface area contributed by atoms with Gasteiger partial charge in [-0.25, -0.2) is 9.98 Å². The van der Waals surface area contributed by atoms with Crippen LogP contribution in [-0.4, -0.2) is 27.2 Å². The average molecular weight is 337 g/mol. The van der Waals surface area contributed by atoms with E-state index in [0.29, 0.717) is 11.0 Å². The van der Waals surface area contributed by atoms with Crippen LogP contribution in [0.15, 0.2) is 34.3 Å². The summed E-state index contributed by atoms with van der Waals surface area (Å²) in [4.78, 5) is 8.61. The highest BCUT2D eigenvalue weighted by atomic mass is 35.6. The maximum atomic E-state index is 5.89. The van der Waals surface area contributed by atoms with Gasteiger partial charge in [0.2, 0.25) is 3.79 Å². The first kappa shape index (κ1) is 15.0. The summed E-state index contributed by atoms with van der Waals surface area (Å²) in [5.74, 6) is 0.663. The molecule has 19 heavy (non-hydrogen) atoms. The van der Waals surface area contributed by atoms with Crippen LogP contribution in [0.25, 0.3) is 0 Å². The molecule has 1 aromatic carbocycles. The van der Waals surface area contributed by atoms with Crippen LogP contribution >= 0.6 is 46.6 Å². The molecule has 1 heterocycles. The number of aliphatic imine (C=N–C) groups is 2. The molecule has 1 atom stereocenters. The number of alkyl halides is 3. The summed E-state index contributed by atoms with van der Waals surface area (Å²) in [5.41, 5.74) is 2.11. The van der Waals surface area contributed by atoms with E-state index in [4.69, 9.17) is 34.8 Å². The summed E-state index contributed by atoms with van der Waals surface area (Å²) in [5, 5.41) is 3.81. The van der Waals surface area contributed by atoms with Crippen LogP contribution in [0.5, 0.6) is 0 Å². The molecule has 1 aliphatic heterocycles. The molecule has 2 rings (SSSR count). The maximum absolute atomic E-state index is 5.89. The minimum Gasteiger partial charge on any atom is -0.319 e. The third-order valence-electron chi connectivity index (χ3n) is 2.53. The number of rotatable bonds is 1. The predicted molar refractivity (Wildman–Crippen MR) is 85.9 cm³/mol. The molecule has 0 saturated carbocycles. The van der Waals surface area contributed by atoms with Gasteiger partial charge in [0.25, 0.3) is 0 Å². The lowest BCUT2D eigenvalue weighted by atomic mass is 10.1. The first-order valence-corrected chi connectivity index (χ1v) is 7.86. The smallest absolute Gasteiger partial charge is 0.232 e. The van der Waals surface area contributed by atoms with Gasteiger partial charge in [0.05, 0.1) is 0 Å². The van der Waals surface area contributed by atoms with Crippen LogP contribution < -0.4 is 5.32 Å². The van der Waals surface area contributed by atoms with Crippen molar-refractivity contribution in [3.8, 4) is 0 Å². The Balaban J connectivity index is 2.35. The highest BCUT2D eigenvalue weighted by molar-refractivity contribution is 8.13. The number of amidine groups is 2. The van der Waals surface area contributed by atoms with Crippen molar-refractivity contribution in [2.45, 2.75) is 16.9 Å². The van der Waals surface area contributed by atoms with Crippen molar-refractivity contribution in [2.75, 3.05) is 6.26 Å². The van der Waals surface area contributed by atoms with E-state index in [2.05, 4.69) is 15.3 Å². The zero-order valence-electron chi connectivity index (χ0n) is 10.3.